The van der Waals surface area contributed by atoms with Crippen LogP contribution in [0.25, 0.3) is 0 Å². The maximum atomic E-state index is 3.72. The van der Waals surface area contributed by atoms with Crippen molar-refractivity contribution in [3.63, 3.8) is 0 Å². The summed E-state index contributed by atoms with van der Waals surface area (Å²) < 4.78 is 0. The quantitative estimate of drug-likeness (QED) is 0.278. The first-order chi connectivity index (χ1) is 11.7. The molecule has 0 saturated carbocycles. The molecule has 0 amide bonds. The lowest BCUT2D eigenvalue weighted by atomic mass is 10.3. The molecule has 1 atom stereocenters. The molecule has 0 aliphatic heterocycles. The van der Waals surface area contributed by atoms with Crippen molar-refractivity contribution in [1.82, 2.24) is 0 Å². The molecule has 0 bridgehead atoms. The largest absolute Gasteiger partial charge is 0.229 e. The summed E-state index contributed by atoms with van der Waals surface area (Å²) in [5.41, 5.74) is 3.72. The van der Waals surface area contributed by atoms with E-state index in [4.69, 9.17) is 0 Å². The first-order valence-corrected chi connectivity index (χ1v) is 11.0. The summed E-state index contributed by atoms with van der Waals surface area (Å²) >= 11 is 3.59. The van der Waals surface area contributed by atoms with Crippen LogP contribution in [0.15, 0.2) is 91.0 Å². The fourth-order valence-electron chi connectivity index (χ4n) is 2.99. The van der Waals surface area contributed by atoms with Gasteiger partial charge in [-0.3, -0.25) is 0 Å². The summed E-state index contributed by atoms with van der Waals surface area (Å²) in [6.07, 6.45) is 0. The highest BCUT2D eigenvalue weighted by molar-refractivity contribution is 9.09. The molecule has 0 N–H and O–H groups in total. The van der Waals surface area contributed by atoms with Gasteiger partial charge in [-0.05, 0) is 22.5 Å². The van der Waals surface area contributed by atoms with Gasteiger partial charge in [-0.25, -0.2) is 0 Å². The van der Waals surface area contributed by atoms with Crippen molar-refractivity contribution in [1.29, 1.82) is 0 Å². The van der Waals surface area contributed by atoms with Crippen LogP contribution in [0.3, 0.4) is 0 Å². The van der Waals surface area contributed by atoms with Crippen LogP contribution in [-0.4, -0.2) is 12.9 Å². The fourth-order valence-corrected chi connectivity index (χ4v) is 7.26. The SMILES string of the molecule is CC(Br)C#C[Si](c1ccccc1)(c1ccccc1)c1ccccc1. The zero-order valence-corrected chi connectivity index (χ0v) is 16.2. The van der Waals surface area contributed by atoms with E-state index in [9.17, 15) is 0 Å². The van der Waals surface area contributed by atoms with E-state index in [0.29, 0.717) is 0 Å². The number of rotatable bonds is 3. The van der Waals surface area contributed by atoms with E-state index in [2.05, 4.69) is 125 Å². The van der Waals surface area contributed by atoms with Gasteiger partial charge in [0.1, 0.15) is 0 Å². The summed E-state index contributed by atoms with van der Waals surface area (Å²) in [6.45, 7) is 2.08. The topological polar surface area (TPSA) is 0 Å². The molecule has 0 spiro atoms. The summed E-state index contributed by atoms with van der Waals surface area (Å²) in [4.78, 5) is 0.167. The lowest BCUT2D eigenvalue weighted by Gasteiger charge is -2.28. The summed E-state index contributed by atoms with van der Waals surface area (Å²) in [7, 11) is -2.38. The highest BCUT2D eigenvalue weighted by atomic mass is 79.9. The molecule has 0 aliphatic rings. The third-order valence-electron chi connectivity index (χ3n) is 4.08. The second kappa shape index (κ2) is 7.66. The molecule has 3 rings (SSSR count). The summed E-state index contributed by atoms with van der Waals surface area (Å²) in [5, 5.41) is 3.97. The molecular formula is C22H19BrSi. The predicted molar refractivity (Wildman–Crippen MR) is 110 cm³/mol. The summed E-state index contributed by atoms with van der Waals surface area (Å²) in [6, 6.07) is 32.2. The molecule has 0 nitrogen and oxygen atoms in total. The first kappa shape index (κ1) is 16.8. The van der Waals surface area contributed by atoms with E-state index in [1.807, 2.05) is 0 Å². The highest BCUT2D eigenvalue weighted by Gasteiger charge is 2.38. The molecule has 24 heavy (non-hydrogen) atoms. The minimum absolute atomic E-state index is 0.167. The smallest absolute Gasteiger partial charge is 0.113 e. The molecule has 0 aromatic heterocycles. The number of alkyl halides is 1. The van der Waals surface area contributed by atoms with Crippen molar-refractivity contribution >= 4 is 39.6 Å². The number of hydrogen-bond acceptors (Lipinski definition) is 0. The second-order valence-corrected chi connectivity index (χ2v) is 10.6. The lowest BCUT2D eigenvalue weighted by Crippen LogP contribution is -2.66. The van der Waals surface area contributed by atoms with Crippen LogP contribution >= 0.6 is 15.9 Å². The van der Waals surface area contributed by atoms with E-state index >= 15 is 0 Å². The molecule has 0 saturated heterocycles. The molecule has 118 valence electrons. The maximum absolute atomic E-state index is 3.72. The molecule has 1 unspecified atom stereocenters. The molecule has 3 aromatic carbocycles. The number of benzene rings is 3. The van der Waals surface area contributed by atoms with Crippen LogP contribution < -0.4 is 15.6 Å². The third-order valence-corrected chi connectivity index (χ3v) is 8.43. The van der Waals surface area contributed by atoms with Crippen molar-refractivity contribution in [3.8, 4) is 11.5 Å². The average Bonchev–Trinajstić information content (AvgIpc) is 2.65. The van der Waals surface area contributed by atoms with E-state index in [0.717, 1.165) is 0 Å². The fraction of sp³-hybridized carbons (Fsp3) is 0.0909. The molecule has 0 aliphatic carbocycles. The Hall–Kier alpha value is -2.08. The normalized spacial score (nSPS) is 12.1. The molecular weight excluding hydrogens is 372 g/mol. The van der Waals surface area contributed by atoms with Crippen molar-refractivity contribution in [2.75, 3.05) is 0 Å². The molecule has 3 aromatic rings. The monoisotopic (exact) mass is 390 g/mol. The Bertz CT molecular complexity index is 734. The average molecular weight is 391 g/mol. The van der Waals surface area contributed by atoms with Gasteiger partial charge >= 0.3 is 0 Å². The standard InChI is InChI=1S/C22H19BrSi/c1-19(23)17-18-24(20-11-5-2-6-12-20,21-13-7-3-8-14-21)22-15-9-4-10-16-22/h2-16,19H,1H3. The van der Waals surface area contributed by atoms with Crippen molar-refractivity contribution < 1.29 is 0 Å². The second-order valence-electron chi connectivity index (χ2n) is 5.73. The zero-order valence-electron chi connectivity index (χ0n) is 13.6. The Kier molecular flexibility index (Phi) is 5.35. The predicted octanol–water partition coefficient (Wildman–Crippen LogP) is 3.48. The van der Waals surface area contributed by atoms with Crippen LogP contribution in [0.1, 0.15) is 6.92 Å². The lowest BCUT2D eigenvalue weighted by molar-refractivity contribution is 1.33. The van der Waals surface area contributed by atoms with Gasteiger partial charge in [0.25, 0.3) is 0 Å². The van der Waals surface area contributed by atoms with Crippen LogP contribution in [0, 0.1) is 11.5 Å². The van der Waals surface area contributed by atoms with Gasteiger partial charge in [0.05, 0.1) is 4.83 Å². The third kappa shape index (κ3) is 3.38. The Morgan fingerprint density at radius 1 is 0.667 bits per heavy atom. The van der Waals surface area contributed by atoms with E-state index in [-0.39, 0.29) is 4.83 Å². The minimum atomic E-state index is -2.38. The number of hydrogen-bond donors (Lipinski definition) is 0. The van der Waals surface area contributed by atoms with Gasteiger partial charge in [0, 0.05) is 0 Å². The minimum Gasteiger partial charge on any atom is -0.113 e. The molecule has 0 heterocycles. The van der Waals surface area contributed by atoms with Gasteiger partial charge in [-0.15, -0.1) is 5.54 Å². The molecule has 2 heteroatoms. The van der Waals surface area contributed by atoms with Crippen LogP contribution in [0.5, 0.6) is 0 Å². The zero-order chi connectivity index (χ0) is 16.8. The van der Waals surface area contributed by atoms with Gasteiger partial charge in [0.15, 0.2) is 0 Å². The Balaban J connectivity index is 2.36. The van der Waals surface area contributed by atoms with Crippen molar-refractivity contribution in [2.24, 2.45) is 0 Å². The number of halogens is 1. The molecule has 0 fully saturated rings. The van der Waals surface area contributed by atoms with Crippen molar-refractivity contribution in [3.05, 3.63) is 91.0 Å². The maximum Gasteiger partial charge on any atom is 0.229 e. The van der Waals surface area contributed by atoms with Gasteiger partial charge < -0.3 is 0 Å². The Morgan fingerprint density at radius 2 is 1.00 bits per heavy atom. The van der Waals surface area contributed by atoms with Gasteiger partial charge in [-0.1, -0.05) is 113 Å². The molecule has 0 radical (unpaired) electrons. The van der Waals surface area contributed by atoms with Crippen LogP contribution in [0.2, 0.25) is 0 Å². The van der Waals surface area contributed by atoms with Gasteiger partial charge in [-0.2, -0.15) is 0 Å². The van der Waals surface area contributed by atoms with Gasteiger partial charge in [0.2, 0.25) is 8.07 Å². The Labute approximate surface area is 153 Å². The van der Waals surface area contributed by atoms with Crippen LogP contribution in [-0.2, 0) is 0 Å². The first-order valence-electron chi connectivity index (χ1n) is 8.07. The highest BCUT2D eigenvalue weighted by Crippen LogP contribution is 2.08. The van der Waals surface area contributed by atoms with E-state index in [1.165, 1.54) is 15.6 Å². The Morgan fingerprint density at radius 3 is 1.29 bits per heavy atom. The summed E-state index contributed by atoms with van der Waals surface area (Å²) in [5.74, 6) is 3.41. The van der Waals surface area contributed by atoms with Crippen LogP contribution in [0.4, 0.5) is 0 Å². The van der Waals surface area contributed by atoms with E-state index in [1.54, 1.807) is 0 Å². The van der Waals surface area contributed by atoms with E-state index < -0.39 is 8.07 Å². The van der Waals surface area contributed by atoms with Crippen molar-refractivity contribution in [2.45, 2.75) is 11.8 Å².